The zero-order chi connectivity index (χ0) is 18.8. The molecule has 4 rings (SSSR count). The van der Waals surface area contributed by atoms with E-state index in [1.54, 1.807) is 23.5 Å². The molecule has 1 aliphatic carbocycles. The lowest BCUT2D eigenvalue weighted by atomic mass is 9.99. The zero-order valence-corrected chi connectivity index (χ0v) is 16.2. The normalized spacial score (nSPS) is 16.7. The molecule has 2 aromatic rings. The molecule has 0 bridgehead atoms. The highest BCUT2D eigenvalue weighted by atomic mass is 32.1. The predicted molar refractivity (Wildman–Crippen MR) is 110 cm³/mol. The molecule has 0 atom stereocenters. The minimum atomic E-state index is -0.484. The summed E-state index contributed by atoms with van der Waals surface area (Å²) in [5.74, 6) is -0.587. The fourth-order valence-corrected chi connectivity index (χ4v) is 5.14. The first kappa shape index (κ1) is 18.0. The van der Waals surface area contributed by atoms with Crippen LogP contribution in [0.25, 0.3) is 0 Å². The van der Waals surface area contributed by atoms with Crippen LogP contribution in [0.15, 0.2) is 24.3 Å². The first-order chi connectivity index (χ1) is 13.1. The molecule has 1 aromatic heterocycles. The Hall–Kier alpha value is -2.34. The number of rotatable bonds is 4. The van der Waals surface area contributed by atoms with E-state index in [0.717, 1.165) is 49.3 Å². The molecule has 6 heteroatoms. The van der Waals surface area contributed by atoms with Gasteiger partial charge in [0.2, 0.25) is 5.91 Å². The van der Waals surface area contributed by atoms with Crippen LogP contribution >= 0.6 is 11.3 Å². The van der Waals surface area contributed by atoms with E-state index in [-0.39, 0.29) is 5.91 Å². The van der Waals surface area contributed by atoms with Crippen LogP contribution in [0.3, 0.4) is 0 Å². The molecule has 0 unspecified atom stereocenters. The van der Waals surface area contributed by atoms with Crippen molar-refractivity contribution in [3.8, 4) is 0 Å². The Morgan fingerprint density at radius 2 is 1.78 bits per heavy atom. The molecule has 5 nitrogen and oxygen atoms in total. The number of aryl methyl sites for hydroxylation is 2. The lowest BCUT2D eigenvalue weighted by molar-refractivity contribution is 0.0996. The van der Waals surface area contributed by atoms with Crippen LogP contribution in [0.5, 0.6) is 0 Å². The fourth-order valence-electron chi connectivity index (χ4n) is 3.99. The number of fused-ring (bicyclic) bond motifs is 1. The summed E-state index contributed by atoms with van der Waals surface area (Å²) < 4.78 is 0. The first-order valence-electron chi connectivity index (χ1n) is 9.73. The lowest BCUT2D eigenvalue weighted by Crippen LogP contribution is -2.30. The third-order valence-corrected chi connectivity index (χ3v) is 6.68. The molecule has 2 amide bonds. The molecule has 0 spiro atoms. The predicted octanol–water partition coefficient (Wildman–Crippen LogP) is 3.97. The van der Waals surface area contributed by atoms with Crippen LogP contribution in [0.4, 0.5) is 11.4 Å². The molecule has 1 aliphatic heterocycles. The van der Waals surface area contributed by atoms with Crippen LogP contribution in [0.2, 0.25) is 0 Å². The minimum Gasteiger partial charge on any atom is -0.370 e. The van der Waals surface area contributed by atoms with E-state index in [1.807, 2.05) is 12.1 Å². The molecular formula is C21H25N3O2S. The molecule has 0 radical (unpaired) electrons. The number of primary amides is 1. The molecule has 27 heavy (non-hydrogen) atoms. The van der Waals surface area contributed by atoms with E-state index in [1.165, 1.54) is 29.7 Å². The first-order valence-corrected chi connectivity index (χ1v) is 10.6. The number of nitrogens with zero attached hydrogens (tertiary/aromatic N) is 1. The van der Waals surface area contributed by atoms with Crippen molar-refractivity contribution < 1.29 is 9.59 Å². The third-order valence-electron chi connectivity index (χ3n) is 5.45. The van der Waals surface area contributed by atoms with Crippen molar-refractivity contribution in [2.24, 2.45) is 5.73 Å². The molecule has 1 fully saturated rings. The summed E-state index contributed by atoms with van der Waals surface area (Å²) in [6.07, 6.45) is 8.06. The van der Waals surface area contributed by atoms with Crippen molar-refractivity contribution in [3.63, 3.8) is 0 Å². The van der Waals surface area contributed by atoms with Gasteiger partial charge in [0.05, 0.1) is 16.3 Å². The van der Waals surface area contributed by atoms with Gasteiger partial charge in [0, 0.05) is 23.5 Å². The molecule has 2 heterocycles. The molecule has 2 aliphatic rings. The monoisotopic (exact) mass is 383 g/mol. The number of nitrogens with one attached hydrogen (secondary N) is 1. The molecule has 0 saturated carbocycles. The molecule has 142 valence electrons. The SMILES string of the molecule is NC(=O)c1ccc(N2CCCCC2)c(NC(=O)c2cc3c(s2)CCCC3)c1. The number of amides is 2. The lowest BCUT2D eigenvalue weighted by Gasteiger charge is -2.30. The summed E-state index contributed by atoms with van der Waals surface area (Å²) in [5.41, 5.74) is 8.83. The van der Waals surface area contributed by atoms with Crippen molar-refractivity contribution in [1.82, 2.24) is 0 Å². The van der Waals surface area contributed by atoms with Gasteiger partial charge < -0.3 is 16.0 Å². The Morgan fingerprint density at radius 1 is 1.00 bits per heavy atom. The average molecular weight is 384 g/mol. The van der Waals surface area contributed by atoms with Gasteiger partial charge in [0.25, 0.3) is 5.91 Å². The summed E-state index contributed by atoms with van der Waals surface area (Å²) in [7, 11) is 0. The Balaban J connectivity index is 1.62. The van der Waals surface area contributed by atoms with E-state index in [9.17, 15) is 9.59 Å². The average Bonchev–Trinajstić information content (AvgIpc) is 3.13. The van der Waals surface area contributed by atoms with Gasteiger partial charge in [-0.05, 0) is 74.8 Å². The van der Waals surface area contributed by atoms with Gasteiger partial charge in [-0.1, -0.05) is 0 Å². The van der Waals surface area contributed by atoms with Crippen molar-refractivity contribution in [3.05, 3.63) is 45.1 Å². The van der Waals surface area contributed by atoms with Gasteiger partial charge in [-0.2, -0.15) is 0 Å². The molecular weight excluding hydrogens is 358 g/mol. The fraction of sp³-hybridized carbons (Fsp3) is 0.429. The van der Waals surface area contributed by atoms with E-state index in [2.05, 4.69) is 10.2 Å². The second kappa shape index (κ2) is 7.72. The van der Waals surface area contributed by atoms with Crippen LogP contribution in [0, 0.1) is 0 Å². The summed E-state index contributed by atoms with van der Waals surface area (Å²) in [5, 5.41) is 3.05. The van der Waals surface area contributed by atoms with Gasteiger partial charge in [0.1, 0.15) is 0 Å². The van der Waals surface area contributed by atoms with Crippen molar-refractivity contribution in [2.75, 3.05) is 23.3 Å². The maximum atomic E-state index is 12.9. The second-order valence-electron chi connectivity index (χ2n) is 7.36. The Morgan fingerprint density at radius 3 is 2.52 bits per heavy atom. The number of thiophene rings is 1. The van der Waals surface area contributed by atoms with E-state index in [4.69, 9.17) is 5.73 Å². The summed E-state index contributed by atoms with van der Waals surface area (Å²) >= 11 is 1.60. The molecule has 3 N–H and O–H groups in total. The Kier molecular flexibility index (Phi) is 5.16. The highest BCUT2D eigenvalue weighted by molar-refractivity contribution is 7.14. The highest BCUT2D eigenvalue weighted by Gasteiger charge is 2.21. The number of piperidine rings is 1. The molecule has 1 aromatic carbocycles. The number of hydrogen-bond acceptors (Lipinski definition) is 4. The maximum Gasteiger partial charge on any atom is 0.265 e. The smallest absolute Gasteiger partial charge is 0.265 e. The van der Waals surface area contributed by atoms with Gasteiger partial charge in [-0.25, -0.2) is 0 Å². The van der Waals surface area contributed by atoms with Gasteiger partial charge in [-0.3, -0.25) is 9.59 Å². The number of carbonyl (C=O) groups excluding carboxylic acids is 2. The van der Waals surface area contributed by atoms with Crippen LogP contribution in [-0.4, -0.2) is 24.9 Å². The maximum absolute atomic E-state index is 12.9. The number of anilines is 2. The summed E-state index contributed by atoms with van der Waals surface area (Å²) in [4.78, 5) is 28.9. The molecule has 1 saturated heterocycles. The number of nitrogens with two attached hydrogens (primary N) is 1. The van der Waals surface area contributed by atoms with Gasteiger partial charge in [-0.15, -0.1) is 11.3 Å². The van der Waals surface area contributed by atoms with E-state index < -0.39 is 5.91 Å². The van der Waals surface area contributed by atoms with Crippen molar-refractivity contribution in [1.29, 1.82) is 0 Å². The van der Waals surface area contributed by atoms with Crippen LogP contribution in [-0.2, 0) is 12.8 Å². The number of carbonyl (C=O) groups is 2. The minimum absolute atomic E-state index is 0.103. The summed E-state index contributed by atoms with van der Waals surface area (Å²) in [6.45, 7) is 1.93. The quantitative estimate of drug-likeness (QED) is 0.839. The Labute approximate surface area is 163 Å². The number of benzene rings is 1. The van der Waals surface area contributed by atoms with Gasteiger partial charge in [0.15, 0.2) is 0 Å². The Bertz CT molecular complexity index is 845. The standard InChI is InChI=1S/C21H25N3O2S/c22-20(25)15-8-9-17(24-10-4-1-5-11-24)16(12-15)23-21(26)19-13-14-6-2-3-7-18(14)27-19/h8-9,12-13H,1-7,10-11H2,(H2,22,25)(H,23,26). The third kappa shape index (κ3) is 3.86. The summed E-state index contributed by atoms with van der Waals surface area (Å²) in [6, 6.07) is 7.39. The van der Waals surface area contributed by atoms with E-state index >= 15 is 0 Å². The van der Waals surface area contributed by atoms with Crippen molar-refractivity contribution in [2.45, 2.75) is 44.9 Å². The van der Waals surface area contributed by atoms with E-state index in [0.29, 0.717) is 11.3 Å². The van der Waals surface area contributed by atoms with Crippen molar-refractivity contribution >= 4 is 34.5 Å². The topological polar surface area (TPSA) is 75.4 Å². The number of hydrogen-bond donors (Lipinski definition) is 2. The van der Waals surface area contributed by atoms with Gasteiger partial charge >= 0.3 is 0 Å². The second-order valence-corrected chi connectivity index (χ2v) is 8.50. The van der Waals surface area contributed by atoms with Crippen LogP contribution < -0.4 is 16.0 Å². The largest absolute Gasteiger partial charge is 0.370 e. The zero-order valence-electron chi connectivity index (χ0n) is 15.4. The van der Waals surface area contributed by atoms with Crippen LogP contribution in [0.1, 0.15) is 62.6 Å². The highest BCUT2D eigenvalue weighted by Crippen LogP contribution is 2.33.